The summed E-state index contributed by atoms with van der Waals surface area (Å²) < 4.78 is 0. The minimum absolute atomic E-state index is 0.00653. The van der Waals surface area contributed by atoms with Crippen molar-refractivity contribution in [3.8, 4) is 0 Å². The van der Waals surface area contributed by atoms with E-state index in [1.807, 2.05) is 18.7 Å². The van der Waals surface area contributed by atoms with Gasteiger partial charge in [0.15, 0.2) is 0 Å². The van der Waals surface area contributed by atoms with E-state index in [-0.39, 0.29) is 29.8 Å². The number of nitrogens with zero attached hydrogens (tertiary/aromatic N) is 1. The summed E-state index contributed by atoms with van der Waals surface area (Å²) in [5, 5.41) is 2.90. The van der Waals surface area contributed by atoms with Gasteiger partial charge in [-0.3, -0.25) is 9.59 Å². The van der Waals surface area contributed by atoms with Crippen LogP contribution in [0.15, 0.2) is 0 Å². The fraction of sp³-hybridized carbons (Fsp3) is 0.867. The Morgan fingerprint density at radius 2 is 2.05 bits per heavy atom. The van der Waals surface area contributed by atoms with E-state index >= 15 is 0 Å². The number of piperazine rings is 1. The molecule has 1 saturated carbocycles. The van der Waals surface area contributed by atoms with Crippen LogP contribution in [-0.4, -0.2) is 34.8 Å². The standard InChI is InChI=1S/C15H26N2O2/c1-5-7-11-8-12(11)17-10(4)14(18)16-13(15(17)19)9(3)6-2/h9-13H,5-8H2,1-4H3,(H,16,18). The number of amides is 2. The zero-order chi connectivity index (χ0) is 14.2. The summed E-state index contributed by atoms with van der Waals surface area (Å²) >= 11 is 0. The lowest BCUT2D eigenvalue weighted by Crippen LogP contribution is -2.64. The fourth-order valence-electron chi connectivity index (χ4n) is 3.14. The first-order chi connectivity index (χ1) is 9.01. The molecular weight excluding hydrogens is 240 g/mol. The number of hydrogen-bond acceptors (Lipinski definition) is 2. The maximum absolute atomic E-state index is 12.6. The molecule has 108 valence electrons. The minimum Gasteiger partial charge on any atom is -0.342 e. The number of hydrogen-bond donors (Lipinski definition) is 1. The summed E-state index contributed by atoms with van der Waals surface area (Å²) in [4.78, 5) is 26.6. The second-order valence-corrected chi connectivity index (χ2v) is 6.15. The molecule has 4 nitrogen and oxygen atoms in total. The van der Waals surface area contributed by atoms with Crippen molar-refractivity contribution in [2.24, 2.45) is 11.8 Å². The van der Waals surface area contributed by atoms with E-state index in [0.717, 1.165) is 25.7 Å². The maximum atomic E-state index is 12.6. The normalized spacial score (nSPS) is 36.1. The molecule has 2 rings (SSSR count). The molecule has 2 aliphatic rings. The fourth-order valence-corrected chi connectivity index (χ4v) is 3.14. The third-order valence-corrected chi connectivity index (χ3v) is 4.73. The third-order valence-electron chi connectivity index (χ3n) is 4.73. The van der Waals surface area contributed by atoms with E-state index < -0.39 is 0 Å². The number of nitrogens with one attached hydrogen (secondary N) is 1. The molecule has 0 aromatic heterocycles. The summed E-state index contributed by atoms with van der Waals surface area (Å²) in [5.41, 5.74) is 0. The smallest absolute Gasteiger partial charge is 0.246 e. The van der Waals surface area contributed by atoms with Crippen LogP contribution >= 0.6 is 0 Å². The lowest BCUT2D eigenvalue weighted by Gasteiger charge is -2.40. The van der Waals surface area contributed by atoms with Gasteiger partial charge in [0.2, 0.25) is 11.8 Å². The Morgan fingerprint density at radius 1 is 1.37 bits per heavy atom. The van der Waals surface area contributed by atoms with Gasteiger partial charge in [-0.25, -0.2) is 0 Å². The van der Waals surface area contributed by atoms with E-state index in [4.69, 9.17) is 0 Å². The van der Waals surface area contributed by atoms with Gasteiger partial charge in [0.1, 0.15) is 12.1 Å². The minimum atomic E-state index is -0.323. The second-order valence-electron chi connectivity index (χ2n) is 6.15. The molecule has 2 fully saturated rings. The van der Waals surface area contributed by atoms with Gasteiger partial charge in [-0.2, -0.15) is 0 Å². The lowest BCUT2D eigenvalue weighted by atomic mass is 9.94. The molecule has 0 aromatic carbocycles. The number of rotatable bonds is 5. The van der Waals surface area contributed by atoms with Gasteiger partial charge in [0.05, 0.1) is 0 Å². The van der Waals surface area contributed by atoms with Crippen LogP contribution in [0.3, 0.4) is 0 Å². The molecule has 0 spiro atoms. The molecule has 0 bridgehead atoms. The molecule has 1 heterocycles. The van der Waals surface area contributed by atoms with Gasteiger partial charge >= 0.3 is 0 Å². The molecule has 0 radical (unpaired) electrons. The maximum Gasteiger partial charge on any atom is 0.246 e. The third kappa shape index (κ3) is 2.63. The van der Waals surface area contributed by atoms with Crippen LogP contribution in [0.4, 0.5) is 0 Å². The second kappa shape index (κ2) is 5.51. The Kier molecular flexibility index (Phi) is 4.16. The zero-order valence-corrected chi connectivity index (χ0v) is 12.5. The topological polar surface area (TPSA) is 49.4 Å². The van der Waals surface area contributed by atoms with Gasteiger partial charge in [0, 0.05) is 6.04 Å². The van der Waals surface area contributed by atoms with Crippen molar-refractivity contribution in [3.05, 3.63) is 0 Å². The average Bonchev–Trinajstić information content (AvgIpc) is 3.13. The van der Waals surface area contributed by atoms with Gasteiger partial charge in [-0.05, 0) is 31.6 Å². The van der Waals surface area contributed by atoms with E-state index in [9.17, 15) is 9.59 Å². The molecule has 0 aromatic rings. The molecule has 1 aliphatic carbocycles. The van der Waals surface area contributed by atoms with Gasteiger partial charge < -0.3 is 10.2 Å². The highest BCUT2D eigenvalue weighted by molar-refractivity contribution is 5.97. The predicted octanol–water partition coefficient (Wildman–Crippen LogP) is 1.94. The van der Waals surface area contributed by atoms with Crippen molar-refractivity contribution in [3.63, 3.8) is 0 Å². The van der Waals surface area contributed by atoms with E-state index in [1.54, 1.807) is 0 Å². The Morgan fingerprint density at radius 3 is 2.63 bits per heavy atom. The molecule has 5 unspecified atom stereocenters. The number of carbonyl (C=O) groups is 2. The molecule has 2 amide bonds. The van der Waals surface area contributed by atoms with Crippen LogP contribution in [0, 0.1) is 11.8 Å². The number of carbonyl (C=O) groups excluding carboxylic acids is 2. The van der Waals surface area contributed by atoms with Crippen LogP contribution in [-0.2, 0) is 9.59 Å². The average molecular weight is 266 g/mol. The quantitative estimate of drug-likeness (QED) is 0.826. The first-order valence-electron chi connectivity index (χ1n) is 7.63. The first-order valence-corrected chi connectivity index (χ1v) is 7.63. The van der Waals surface area contributed by atoms with Crippen LogP contribution in [0.2, 0.25) is 0 Å². The monoisotopic (exact) mass is 266 g/mol. The largest absolute Gasteiger partial charge is 0.342 e. The Labute approximate surface area is 115 Å². The first kappa shape index (κ1) is 14.4. The Hall–Kier alpha value is -1.06. The molecular formula is C15H26N2O2. The summed E-state index contributed by atoms with van der Waals surface area (Å²) in [6, 6.07) is -0.323. The molecule has 1 N–H and O–H groups in total. The Bertz CT molecular complexity index is 369. The van der Waals surface area contributed by atoms with Crippen LogP contribution in [0.5, 0.6) is 0 Å². The highest BCUT2D eigenvalue weighted by Gasteiger charge is 2.50. The van der Waals surface area contributed by atoms with E-state index in [2.05, 4.69) is 19.2 Å². The predicted molar refractivity (Wildman–Crippen MR) is 74.5 cm³/mol. The van der Waals surface area contributed by atoms with Crippen molar-refractivity contribution < 1.29 is 9.59 Å². The SMILES string of the molecule is CCCC1CC1N1C(=O)C(C(C)CC)NC(=O)C1C. The van der Waals surface area contributed by atoms with Gasteiger partial charge in [-0.1, -0.05) is 33.6 Å². The van der Waals surface area contributed by atoms with Crippen molar-refractivity contribution in [1.82, 2.24) is 10.2 Å². The molecule has 1 aliphatic heterocycles. The summed E-state index contributed by atoms with van der Waals surface area (Å²) in [6.07, 6.45) is 4.29. The van der Waals surface area contributed by atoms with Crippen LogP contribution in [0.1, 0.15) is 53.4 Å². The van der Waals surface area contributed by atoms with Gasteiger partial charge in [-0.15, -0.1) is 0 Å². The molecule has 19 heavy (non-hydrogen) atoms. The summed E-state index contributed by atoms with van der Waals surface area (Å²) in [6.45, 7) is 8.11. The van der Waals surface area contributed by atoms with Crippen LogP contribution in [0.25, 0.3) is 0 Å². The zero-order valence-electron chi connectivity index (χ0n) is 12.5. The van der Waals surface area contributed by atoms with Crippen molar-refractivity contribution in [2.75, 3.05) is 0 Å². The van der Waals surface area contributed by atoms with Crippen LogP contribution < -0.4 is 5.32 Å². The highest BCUT2D eigenvalue weighted by atomic mass is 16.2. The summed E-state index contributed by atoms with van der Waals surface area (Å²) in [5.74, 6) is 0.951. The Balaban J connectivity index is 2.11. The molecule has 4 heteroatoms. The van der Waals surface area contributed by atoms with E-state index in [1.165, 1.54) is 0 Å². The highest BCUT2D eigenvalue weighted by Crippen LogP contribution is 2.41. The molecule has 5 atom stereocenters. The van der Waals surface area contributed by atoms with Gasteiger partial charge in [0.25, 0.3) is 0 Å². The van der Waals surface area contributed by atoms with Crippen molar-refractivity contribution >= 4 is 11.8 Å². The van der Waals surface area contributed by atoms with Crippen molar-refractivity contribution in [2.45, 2.75) is 71.5 Å². The molecule has 1 saturated heterocycles. The summed E-state index contributed by atoms with van der Waals surface area (Å²) in [7, 11) is 0. The lowest BCUT2D eigenvalue weighted by molar-refractivity contribution is -0.151. The van der Waals surface area contributed by atoms with E-state index in [0.29, 0.717) is 12.0 Å². The van der Waals surface area contributed by atoms with Crippen molar-refractivity contribution in [1.29, 1.82) is 0 Å².